The molecule has 0 aromatic carbocycles. The van der Waals surface area contributed by atoms with Crippen LogP contribution in [-0.4, -0.2) is 24.3 Å². The molecule has 0 aliphatic heterocycles. The summed E-state index contributed by atoms with van der Waals surface area (Å²) in [5.74, 6) is -0.151. The van der Waals surface area contributed by atoms with Gasteiger partial charge in [0.25, 0.3) is 0 Å². The smallest absolute Gasteiger partial charge is 0.308 e. The molecule has 0 aromatic heterocycles. The van der Waals surface area contributed by atoms with Crippen LogP contribution in [0.2, 0.25) is 0 Å². The molecule has 0 unspecified atom stereocenters. The van der Waals surface area contributed by atoms with Gasteiger partial charge in [-0.2, -0.15) is 0 Å². The van der Waals surface area contributed by atoms with Crippen LogP contribution in [-0.2, 0) is 9.53 Å². The van der Waals surface area contributed by atoms with Crippen molar-refractivity contribution >= 4 is 5.97 Å². The predicted molar refractivity (Wildman–Crippen MR) is 49.1 cm³/mol. The second-order valence-electron chi connectivity index (χ2n) is 3.52. The standard InChI is InChI=1S/C10H16O3/c1-7(11)8-4-3-5-9(6-8)10(12)13-2/h3-4,7-9,11H,5-6H2,1-2H3/t7-,8+,9+/m0/s1. The number of methoxy groups -OCH3 is 1. The van der Waals surface area contributed by atoms with Crippen LogP contribution in [0.5, 0.6) is 0 Å². The van der Waals surface area contributed by atoms with E-state index in [1.54, 1.807) is 6.92 Å². The molecule has 0 aromatic rings. The molecule has 0 fully saturated rings. The average molecular weight is 184 g/mol. The van der Waals surface area contributed by atoms with Gasteiger partial charge in [-0.1, -0.05) is 12.2 Å². The maximum Gasteiger partial charge on any atom is 0.308 e. The maximum atomic E-state index is 11.2. The van der Waals surface area contributed by atoms with Crippen molar-refractivity contribution in [2.24, 2.45) is 11.8 Å². The number of hydrogen-bond acceptors (Lipinski definition) is 3. The fourth-order valence-electron chi connectivity index (χ4n) is 1.64. The summed E-state index contributed by atoms with van der Waals surface area (Å²) in [4.78, 5) is 11.2. The van der Waals surface area contributed by atoms with Crippen molar-refractivity contribution in [2.45, 2.75) is 25.9 Å². The lowest BCUT2D eigenvalue weighted by molar-refractivity contribution is -0.146. The minimum atomic E-state index is -0.385. The van der Waals surface area contributed by atoms with Crippen LogP contribution in [0, 0.1) is 11.8 Å². The molecule has 1 rings (SSSR count). The maximum absolute atomic E-state index is 11.2. The summed E-state index contributed by atoms with van der Waals surface area (Å²) in [5.41, 5.74) is 0. The summed E-state index contributed by atoms with van der Waals surface area (Å²) in [6.45, 7) is 1.74. The Kier molecular flexibility index (Phi) is 3.48. The van der Waals surface area contributed by atoms with Gasteiger partial charge in [0.05, 0.1) is 19.1 Å². The molecule has 0 heterocycles. The predicted octanol–water partition coefficient (Wildman–Crippen LogP) is 1.12. The first kappa shape index (κ1) is 10.3. The number of esters is 1. The van der Waals surface area contributed by atoms with Crippen molar-refractivity contribution in [3.63, 3.8) is 0 Å². The molecule has 1 aliphatic rings. The Morgan fingerprint density at radius 2 is 2.38 bits per heavy atom. The first-order valence-corrected chi connectivity index (χ1v) is 4.57. The molecule has 0 bridgehead atoms. The third-order valence-electron chi connectivity index (χ3n) is 2.51. The van der Waals surface area contributed by atoms with Crippen molar-refractivity contribution in [3.8, 4) is 0 Å². The van der Waals surface area contributed by atoms with E-state index in [-0.39, 0.29) is 23.9 Å². The fourth-order valence-corrected chi connectivity index (χ4v) is 1.64. The Balaban J connectivity index is 2.55. The highest BCUT2D eigenvalue weighted by atomic mass is 16.5. The number of hydrogen-bond donors (Lipinski definition) is 1. The summed E-state index contributed by atoms with van der Waals surface area (Å²) < 4.78 is 4.66. The number of aliphatic hydroxyl groups excluding tert-OH is 1. The SMILES string of the molecule is COC(=O)[C@@H]1CC=C[C@@H]([C@H](C)O)C1. The first-order chi connectivity index (χ1) is 6.15. The van der Waals surface area contributed by atoms with Gasteiger partial charge in [0, 0.05) is 5.92 Å². The molecule has 3 atom stereocenters. The monoisotopic (exact) mass is 184 g/mol. The van der Waals surface area contributed by atoms with E-state index in [2.05, 4.69) is 4.74 Å². The van der Waals surface area contributed by atoms with E-state index >= 15 is 0 Å². The van der Waals surface area contributed by atoms with Gasteiger partial charge in [0.15, 0.2) is 0 Å². The van der Waals surface area contributed by atoms with Crippen LogP contribution >= 0.6 is 0 Å². The molecule has 74 valence electrons. The Bertz CT molecular complexity index is 208. The van der Waals surface area contributed by atoms with Gasteiger partial charge >= 0.3 is 5.97 Å². The minimum absolute atomic E-state index is 0.0744. The van der Waals surface area contributed by atoms with Crippen molar-refractivity contribution in [3.05, 3.63) is 12.2 Å². The van der Waals surface area contributed by atoms with Crippen molar-refractivity contribution in [1.82, 2.24) is 0 Å². The van der Waals surface area contributed by atoms with Gasteiger partial charge in [0.2, 0.25) is 0 Å². The number of carbonyl (C=O) groups excluding carboxylic acids is 1. The number of allylic oxidation sites excluding steroid dienone is 1. The molecule has 0 radical (unpaired) electrons. The van der Waals surface area contributed by atoms with Crippen LogP contribution in [0.3, 0.4) is 0 Å². The van der Waals surface area contributed by atoms with Crippen molar-refractivity contribution in [1.29, 1.82) is 0 Å². The topological polar surface area (TPSA) is 46.5 Å². The molecular formula is C10H16O3. The third-order valence-corrected chi connectivity index (χ3v) is 2.51. The quantitative estimate of drug-likeness (QED) is 0.516. The fraction of sp³-hybridized carbons (Fsp3) is 0.700. The Morgan fingerprint density at radius 1 is 1.69 bits per heavy atom. The molecule has 3 heteroatoms. The minimum Gasteiger partial charge on any atom is -0.469 e. The van der Waals surface area contributed by atoms with E-state index in [9.17, 15) is 9.90 Å². The van der Waals surface area contributed by atoms with E-state index in [0.717, 1.165) is 6.42 Å². The van der Waals surface area contributed by atoms with Crippen LogP contribution in [0.1, 0.15) is 19.8 Å². The molecule has 0 saturated heterocycles. The van der Waals surface area contributed by atoms with Gasteiger partial charge in [0.1, 0.15) is 0 Å². The molecular weight excluding hydrogens is 168 g/mol. The largest absolute Gasteiger partial charge is 0.469 e. The number of carbonyl (C=O) groups is 1. The Hall–Kier alpha value is -0.830. The van der Waals surface area contributed by atoms with E-state index in [4.69, 9.17) is 0 Å². The van der Waals surface area contributed by atoms with E-state index in [1.807, 2.05) is 12.2 Å². The zero-order valence-electron chi connectivity index (χ0n) is 8.06. The lowest BCUT2D eigenvalue weighted by atomic mass is 9.84. The first-order valence-electron chi connectivity index (χ1n) is 4.57. The summed E-state index contributed by atoms with van der Waals surface area (Å²) in [6, 6.07) is 0. The molecule has 0 amide bonds. The number of aliphatic hydroxyl groups is 1. The second-order valence-corrected chi connectivity index (χ2v) is 3.52. The summed E-state index contributed by atoms with van der Waals surface area (Å²) >= 11 is 0. The van der Waals surface area contributed by atoms with Gasteiger partial charge in [-0.25, -0.2) is 0 Å². The number of rotatable bonds is 2. The second kappa shape index (κ2) is 4.42. The molecule has 0 spiro atoms. The van der Waals surface area contributed by atoms with Gasteiger partial charge in [-0.15, -0.1) is 0 Å². The highest BCUT2D eigenvalue weighted by Gasteiger charge is 2.26. The number of ether oxygens (including phenoxy) is 1. The molecule has 13 heavy (non-hydrogen) atoms. The Labute approximate surface area is 78.4 Å². The van der Waals surface area contributed by atoms with Gasteiger partial charge in [-0.3, -0.25) is 4.79 Å². The van der Waals surface area contributed by atoms with E-state index < -0.39 is 0 Å². The summed E-state index contributed by atoms with van der Waals surface area (Å²) in [6.07, 6.45) is 4.97. The van der Waals surface area contributed by atoms with Gasteiger partial charge in [-0.05, 0) is 19.8 Å². The zero-order chi connectivity index (χ0) is 9.84. The lowest BCUT2D eigenvalue weighted by Gasteiger charge is -2.24. The normalized spacial score (nSPS) is 29.8. The summed E-state index contributed by atoms with van der Waals surface area (Å²) in [7, 11) is 1.40. The third kappa shape index (κ3) is 2.56. The van der Waals surface area contributed by atoms with Crippen LogP contribution in [0.4, 0.5) is 0 Å². The average Bonchev–Trinajstić information content (AvgIpc) is 2.17. The molecule has 1 N–H and O–H groups in total. The highest BCUT2D eigenvalue weighted by Crippen LogP contribution is 2.26. The Morgan fingerprint density at radius 3 is 2.92 bits per heavy atom. The van der Waals surface area contributed by atoms with Gasteiger partial charge < -0.3 is 9.84 Å². The van der Waals surface area contributed by atoms with E-state index in [0.29, 0.717) is 6.42 Å². The van der Waals surface area contributed by atoms with Crippen LogP contribution in [0.25, 0.3) is 0 Å². The van der Waals surface area contributed by atoms with E-state index in [1.165, 1.54) is 7.11 Å². The molecule has 0 saturated carbocycles. The zero-order valence-corrected chi connectivity index (χ0v) is 8.06. The van der Waals surface area contributed by atoms with Crippen LogP contribution < -0.4 is 0 Å². The highest BCUT2D eigenvalue weighted by molar-refractivity contribution is 5.72. The van der Waals surface area contributed by atoms with Crippen molar-refractivity contribution < 1.29 is 14.6 Å². The molecule has 3 nitrogen and oxygen atoms in total. The van der Waals surface area contributed by atoms with Crippen LogP contribution in [0.15, 0.2) is 12.2 Å². The summed E-state index contributed by atoms with van der Waals surface area (Å²) in [5, 5.41) is 9.35. The van der Waals surface area contributed by atoms with Crippen molar-refractivity contribution in [2.75, 3.05) is 7.11 Å². The lowest BCUT2D eigenvalue weighted by Crippen LogP contribution is -2.26. The molecule has 1 aliphatic carbocycles.